The van der Waals surface area contributed by atoms with E-state index in [1.54, 1.807) is 42.6 Å². The van der Waals surface area contributed by atoms with Gasteiger partial charge in [-0.2, -0.15) is 0 Å². The fourth-order valence-electron chi connectivity index (χ4n) is 4.59. The van der Waals surface area contributed by atoms with Crippen LogP contribution in [0.15, 0.2) is 46.9 Å². The minimum absolute atomic E-state index is 0.00618. The Bertz CT molecular complexity index is 953. The van der Waals surface area contributed by atoms with Crippen molar-refractivity contribution in [2.75, 3.05) is 6.54 Å². The molecular weight excluding hydrogens is 404 g/mol. The monoisotopic (exact) mass is 442 g/mol. The van der Waals surface area contributed by atoms with Crippen molar-refractivity contribution >= 4 is 6.09 Å². The van der Waals surface area contributed by atoms with Crippen LogP contribution >= 0.6 is 0 Å². The molecule has 2 aliphatic rings. The number of carbonyl (C=O) groups excluding carboxylic acids is 1. The van der Waals surface area contributed by atoms with Crippen molar-refractivity contribution in [3.05, 3.63) is 58.0 Å². The molecule has 1 aliphatic carbocycles. The third-order valence-electron chi connectivity index (χ3n) is 7.15. The quantitative estimate of drug-likeness (QED) is 0.673. The molecule has 1 amide bonds. The number of aromatic nitrogens is 1. The van der Waals surface area contributed by atoms with Gasteiger partial charge in [0.2, 0.25) is 0 Å². The predicted molar refractivity (Wildman–Crippen MR) is 127 cm³/mol. The Morgan fingerprint density at radius 1 is 1.28 bits per heavy atom. The van der Waals surface area contributed by atoms with Gasteiger partial charge < -0.3 is 19.3 Å². The van der Waals surface area contributed by atoms with Crippen LogP contribution in [0, 0.1) is 5.92 Å². The van der Waals surface area contributed by atoms with Crippen molar-refractivity contribution in [3.63, 3.8) is 0 Å². The molecule has 1 aliphatic heterocycles. The zero-order chi connectivity index (χ0) is 23.7. The van der Waals surface area contributed by atoms with Crippen LogP contribution in [0.4, 0.5) is 4.79 Å². The highest BCUT2D eigenvalue weighted by atomic mass is 16.6. The average Bonchev–Trinajstić information content (AvgIpc) is 2.73. The molecule has 1 N–H and O–H groups in total. The van der Waals surface area contributed by atoms with Crippen molar-refractivity contribution in [2.45, 2.75) is 83.5 Å². The summed E-state index contributed by atoms with van der Waals surface area (Å²) in [6.45, 7) is 10.4. The van der Waals surface area contributed by atoms with E-state index in [2.05, 4.69) is 32.1 Å². The van der Waals surface area contributed by atoms with Gasteiger partial charge in [-0.3, -0.25) is 4.79 Å². The molecule has 176 valence electrons. The Morgan fingerprint density at radius 2 is 2.00 bits per heavy atom. The van der Waals surface area contributed by atoms with Gasteiger partial charge in [-0.15, -0.1) is 0 Å². The second-order valence-corrected chi connectivity index (χ2v) is 10.3. The first kappa shape index (κ1) is 24.3. The molecule has 1 aromatic rings. The van der Waals surface area contributed by atoms with Crippen LogP contribution in [0.3, 0.4) is 0 Å². The summed E-state index contributed by atoms with van der Waals surface area (Å²) < 4.78 is 7.63. The summed E-state index contributed by atoms with van der Waals surface area (Å²) in [5, 5.41) is 10.2. The first-order chi connectivity index (χ1) is 14.9. The summed E-state index contributed by atoms with van der Waals surface area (Å²) in [6.07, 6.45) is 10.7. The standard InChI is InChI=1S/C26H38N2O4/c1-18(2)26(13-12-25(4,5)31)14-16-28(24(30)32-26)19(3)20-7-9-21(10-8-20)22-11-15-27(6)23(29)17-22/h7-9,11,15,17-19,21,31H,10,12-14,16H2,1-6H3. The van der Waals surface area contributed by atoms with Crippen LogP contribution in [-0.4, -0.2) is 44.5 Å². The number of amides is 1. The molecule has 0 saturated carbocycles. The maximum absolute atomic E-state index is 13.0. The number of carbonyl (C=O) groups is 1. The Balaban J connectivity index is 1.66. The van der Waals surface area contributed by atoms with E-state index < -0.39 is 11.2 Å². The number of pyridine rings is 1. The summed E-state index contributed by atoms with van der Waals surface area (Å²) in [5.41, 5.74) is 0.784. The van der Waals surface area contributed by atoms with E-state index in [1.165, 1.54) is 0 Å². The topological polar surface area (TPSA) is 71.8 Å². The number of rotatable bonds is 7. The summed E-state index contributed by atoms with van der Waals surface area (Å²) >= 11 is 0. The average molecular weight is 443 g/mol. The number of allylic oxidation sites excluding steroid dienone is 2. The molecule has 0 bridgehead atoms. The Morgan fingerprint density at radius 3 is 2.53 bits per heavy atom. The molecule has 3 atom stereocenters. The molecule has 32 heavy (non-hydrogen) atoms. The van der Waals surface area contributed by atoms with E-state index in [1.807, 2.05) is 13.0 Å². The SMILES string of the molecule is CC(C1=CCC(c2ccn(C)c(=O)c2)C=C1)N1CCC(CCC(C)(C)O)(C(C)C)OC1=O. The largest absolute Gasteiger partial charge is 0.442 e. The van der Waals surface area contributed by atoms with Gasteiger partial charge in [0.1, 0.15) is 5.60 Å². The molecular formula is C26H38N2O4. The number of aliphatic hydroxyl groups is 1. The minimum Gasteiger partial charge on any atom is -0.442 e. The summed E-state index contributed by atoms with van der Waals surface area (Å²) in [4.78, 5) is 26.8. The van der Waals surface area contributed by atoms with Crippen LogP contribution in [-0.2, 0) is 11.8 Å². The zero-order valence-electron chi connectivity index (χ0n) is 20.3. The maximum atomic E-state index is 13.0. The van der Waals surface area contributed by atoms with Gasteiger partial charge in [0.15, 0.2) is 0 Å². The van der Waals surface area contributed by atoms with E-state index in [0.717, 1.165) is 24.0 Å². The van der Waals surface area contributed by atoms with E-state index in [0.29, 0.717) is 19.4 Å². The lowest BCUT2D eigenvalue weighted by Crippen LogP contribution is -2.55. The van der Waals surface area contributed by atoms with E-state index in [4.69, 9.17) is 4.74 Å². The lowest BCUT2D eigenvalue weighted by molar-refractivity contribution is -0.0945. The summed E-state index contributed by atoms with van der Waals surface area (Å²) in [6, 6.07) is 3.60. The van der Waals surface area contributed by atoms with Crippen LogP contribution in [0.2, 0.25) is 0 Å². The van der Waals surface area contributed by atoms with E-state index >= 15 is 0 Å². The second-order valence-electron chi connectivity index (χ2n) is 10.3. The highest BCUT2D eigenvalue weighted by molar-refractivity contribution is 5.70. The third kappa shape index (κ3) is 5.34. The molecule has 0 spiro atoms. The molecule has 3 rings (SSSR count). The number of ether oxygens (including phenoxy) is 1. The van der Waals surface area contributed by atoms with Gasteiger partial charge in [-0.25, -0.2) is 4.79 Å². The first-order valence-electron chi connectivity index (χ1n) is 11.7. The van der Waals surface area contributed by atoms with Crippen molar-refractivity contribution in [3.8, 4) is 0 Å². The number of cyclic esters (lactones) is 1. The smallest absolute Gasteiger partial charge is 0.410 e. The lowest BCUT2D eigenvalue weighted by Gasteiger charge is -2.46. The Kier molecular flexibility index (Phi) is 7.03. The molecule has 1 aromatic heterocycles. The predicted octanol–water partition coefficient (Wildman–Crippen LogP) is 4.53. The van der Waals surface area contributed by atoms with Crippen molar-refractivity contribution in [1.29, 1.82) is 0 Å². The van der Waals surface area contributed by atoms with Gasteiger partial charge in [0.25, 0.3) is 5.56 Å². The molecule has 6 heteroatoms. The molecule has 6 nitrogen and oxygen atoms in total. The fourth-order valence-corrected chi connectivity index (χ4v) is 4.59. The van der Waals surface area contributed by atoms with Gasteiger partial charge in [0.05, 0.1) is 11.6 Å². The first-order valence-corrected chi connectivity index (χ1v) is 11.7. The second kappa shape index (κ2) is 9.26. The van der Waals surface area contributed by atoms with Crippen LogP contribution < -0.4 is 5.56 Å². The van der Waals surface area contributed by atoms with Gasteiger partial charge in [0, 0.05) is 38.2 Å². The number of hydrogen-bond donors (Lipinski definition) is 1. The molecule has 1 fully saturated rings. The summed E-state index contributed by atoms with van der Waals surface area (Å²) in [7, 11) is 1.75. The van der Waals surface area contributed by atoms with Crippen LogP contribution in [0.1, 0.15) is 71.8 Å². The molecule has 0 radical (unpaired) electrons. The summed E-state index contributed by atoms with van der Waals surface area (Å²) in [5.74, 6) is 0.350. The number of hydrogen-bond acceptors (Lipinski definition) is 4. The Hall–Kier alpha value is -2.34. The molecule has 0 aromatic carbocycles. The van der Waals surface area contributed by atoms with E-state index in [9.17, 15) is 14.7 Å². The maximum Gasteiger partial charge on any atom is 0.410 e. The highest BCUT2D eigenvalue weighted by Crippen LogP contribution is 2.38. The third-order valence-corrected chi connectivity index (χ3v) is 7.15. The Labute approximate surface area is 191 Å². The number of nitrogens with zero attached hydrogens (tertiary/aromatic N) is 2. The minimum atomic E-state index is -0.782. The number of aryl methyl sites for hydroxylation is 1. The highest BCUT2D eigenvalue weighted by Gasteiger charge is 2.45. The molecule has 2 heterocycles. The van der Waals surface area contributed by atoms with E-state index in [-0.39, 0.29) is 29.5 Å². The van der Waals surface area contributed by atoms with Crippen LogP contribution in [0.25, 0.3) is 0 Å². The normalized spacial score (nSPS) is 25.0. The fraction of sp³-hybridized carbons (Fsp3) is 0.615. The van der Waals surface area contributed by atoms with Crippen molar-refractivity contribution in [1.82, 2.24) is 9.47 Å². The van der Waals surface area contributed by atoms with Gasteiger partial charge in [-0.05, 0) is 63.2 Å². The zero-order valence-corrected chi connectivity index (χ0v) is 20.3. The molecule has 1 saturated heterocycles. The van der Waals surface area contributed by atoms with Crippen molar-refractivity contribution in [2.24, 2.45) is 13.0 Å². The lowest BCUT2D eigenvalue weighted by atomic mass is 9.79. The van der Waals surface area contributed by atoms with Gasteiger partial charge >= 0.3 is 6.09 Å². The van der Waals surface area contributed by atoms with Crippen molar-refractivity contribution < 1.29 is 14.6 Å². The van der Waals surface area contributed by atoms with Crippen LogP contribution in [0.5, 0.6) is 0 Å². The van der Waals surface area contributed by atoms with Gasteiger partial charge in [-0.1, -0.05) is 32.1 Å². The molecule has 3 unspecified atom stereocenters.